The maximum Gasteiger partial charge on any atom is 0.490 e. The number of para-hydroxylation sites is 1. The maximum atomic E-state index is 13.2. The Labute approximate surface area is 203 Å². The summed E-state index contributed by atoms with van der Waals surface area (Å²) in [5.41, 5.74) is 2.32. The molecule has 0 saturated heterocycles. The number of carboxylic acid groups (broad SMARTS) is 1. The minimum Gasteiger partial charge on any atom is -0.475 e. The fourth-order valence-corrected chi connectivity index (χ4v) is 2.82. The van der Waals surface area contributed by atoms with E-state index in [2.05, 4.69) is 10.3 Å². The second kappa shape index (κ2) is 11.7. The van der Waals surface area contributed by atoms with E-state index < -0.39 is 12.1 Å². The smallest absolute Gasteiger partial charge is 0.475 e. The van der Waals surface area contributed by atoms with Crippen LogP contribution in [-0.2, 0) is 4.79 Å². The van der Waals surface area contributed by atoms with Crippen molar-refractivity contribution in [3.05, 3.63) is 96.8 Å². The highest BCUT2D eigenvalue weighted by molar-refractivity contribution is 5.73. The van der Waals surface area contributed by atoms with Gasteiger partial charge < -0.3 is 19.9 Å². The number of rotatable bonds is 6. The molecule has 3 aromatic carbocycles. The summed E-state index contributed by atoms with van der Waals surface area (Å²) in [4.78, 5) is 13.5. The lowest BCUT2D eigenvalue weighted by Gasteiger charge is -2.11. The molecule has 6 nitrogen and oxygen atoms in total. The first kappa shape index (κ1) is 26.0. The van der Waals surface area contributed by atoms with Gasteiger partial charge in [0.25, 0.3) is 0 Å². The zero-order chi connectivity index (χ0) is 26.1. The molecule has 0 aliphatic carbocycles. The number of nitrogens with one attached hydrogen (secondary N) is 1. The third kappa shape index (κ3) is 7.73. The molecule has 10 heteroatoms. The van der Waals surface area contributed by atoms with Crippen molar-refractivity contribution in [3.8, 4) is 34.4 Å². The molecule has 4 rings (SSSR count). The van der Waals surface area contributed by atoms with Crippen LogP contribution >= 0.6 is 0 Å². The molecule has 0 atom stereocenters. The lowest BCUT2D eigenvalue weighted by Crippen LogP contribution is -2.21. The second-order valence-electron chi connectivity index (χ2n) is 7.13. The summed E-state index contributed by atoms with van der Waals surface area (Å²) in [7, 11) is 1.82. The van der Waals surface area contributed by atoms with E-state index in [4.69, 9.17) is 19.4 Å². The van der Waals surface area contributed by atoms with Crippen LogP contribution in [0.5, 0.6) is 23.1 Å². The predicted octanol–water partition coefficient (Wildman–Crippen LogP) is 7.15. The van der Waals surface area contributed by atoms with Crippen molar-refractivity contribution >= 4 is 11.7 Å². The topological polar surface area (TPSA) is 80.7 Å². The highest BCUT2D eigenvalue weighted by Crippen LogP contribution is 2.31. The number of carboxylic acids is 1. The Balaban J connectivity index is 0.000000454. The molecular weight excluding hydrogens is 480 g/mol. The lowest BCUT2D eigenvalue weighted by molar-refractivity contribution is -0.192. The van der Waals surface area contributed by atoms with Crippen LogP contribution in [0.4, 0.5) is 23.2 Å². The summed E-state index contributed by atoms with van der Waals surface area (Å²) < 4.78 is 56.8. The van der Waals surface area contributed by atoms with E-state index in [0.717, 1.165) is 17.0 Å². The van der Waals surface area contributed by atoms with Crippen molar-refractivity contribution in [2.75, 3.05) is 12.4 Å². The Morgan fingerprint density at radius 2 is 1.42 bits per heavy atom. The number of carbonyl (C=O) groups is 1. The Morgan fingerprint density at radius 3 is 2.00 bits per heavy atom. The van der Waals surface area contributed by atoms with Crippen LogP contribution in [0.1, 0.15) is 0 Å². The van der Waals surface area contributed by atoms with E-state index in [1.165, 1.54) is 12.1 Å². The van der Waals surface area contributed by atoms with Crippen molar-refractivity contribution < 1.29 is 36.9 Å². The largest absolute Gasteiger partial charge is 0.490 e. The minimum atomic E-state index is -5.08. The first-order chi connectivity index (χ1) is 17.1. The van der Waals surface area contributed by atoms with Gasteiger partial charge in [0.1, 0.15) is 23.1 Å². The van der Waals surface area contributed by atoms with Crippen molar-refractivity contribution in [2.45, 2.75) is 6.18 Å². The molecule has 0 aliphatic heterocycles. The van der Waals surface area contributed by atoms with Gasteiger partial charge in [-0.1, -0.05) is 24.3 Å². The van der Waals surface area contributed by atoms with Gasteiger partial charge in [0.05, 0.1) is 5.69 Å². The monoisotopic (exact) mass is 500 g/mol. The zero-order valence-corrected chi connectivity index (χ0v) is 18.8. The van der Waals surface area contributed by atoms with Gasteiger partial charge in [-0.2, -0.15) is 13.2 Å². The number of ether oxygens (including phenoxy) is 2. The van der Waals surface area contributed by atoms with Crippen molar-refractivity contribution in [1.29, 1.82) is 0 Å². The number of pyridine rings is 1. The molecule has 1 aromatic heterocycles. The molecule has 186 valence electrons. The van der Waals surface area contributed by atoms with Gasteiger partial charge >= 0.3 is 12.1 Å². The Bertz CT molecular complexity index is 1300. The number of aromatic nitrogens is 1. The third-order valence-corrected chi connectivity index (χ3v) is 4.48. The van der Waals surface area contributed by atoms with Crippen LogP contribution in [0.3, 0.4) is 0 Å². The fraction of sp³-hybridized carbons (Fsp3) is 0.0769. The second-order valence-corrected chi connectivity index (χ2v) is 7.13. The molecule has 0 aliphatic rings. The summed E-state index contributed by atoms with van der Waals surface area (Å²) in [6.45, 7) is 0. The molecule has 0 saturated carbocycles. The van der Waals surface area contributed by atoms with Crippen molar-refractivity contribution in [2.24, 2.45) is 0 Å². The minimum absolute atomic E-state index is 0.287. The van der Waals surface area contributed by atoms with Crippen LogP contribution in [0.25, 0.3) is 11.3 Å². The van der Waals surface area contributed by atoms with Crippen LogP contribution in [0.2, 0.25) is 0 Å². The Hall–Kier alpha value is -4.60. The SMILES string of the molecule is CNc1cc(Oc2cccc(Oc3ccccc3)c2)nc(-c2ccc(F)cc2)c1.O=C(O)C(F)(F)F. The predicted molar refractivity (Wildman–Crippen MR) is 126 cm³/mol. The Morgan fingerprint density at radius 1 is 0.833 bits per heavy atom. The van der Waals surface area contributed by atoms with E-state index in [-0.39, 0.29) is 5.82 Å². The van der Waals surface area contributed by atoms with Gasteiger partial charge in [0.2, 0.25) is 5.88 Å². The average Bonchev–Trinajstić information content (AvgIpc) is 2.85. The highest BCUT2D eigenvalue weighted by atomic mass is 19.4. The van der Waals surface area contributed by atoms with Gasteiger partial charge in [-0.05, 0) is 54.6 Å². The quantitative estimate of drug-likeness (QED) is 0.274. The highest BCUT2D eigenvalue weighted by Gasteiger charge is 2.38. The van der Waals surface area contributed by atoms with E-state index >= 15 is 0 Å². The van der Waals surface area contributed by atoms with Gasteiger partial charge in [-0.25, -0.2) is 14.2 Å². The lowest BCUT2D eigenvalue weighted by atomic mass is 10.1. The number of benzene rings is 3. The molecule has 0 radical (unpaired) electrons. The summed E-state index contributed by atoms with van der Waals surface area (Å²) in [6.07, 6.45) is -5.08. The number of alkyl halides is 3. The first-order valence-electron chi connectivity index (χ1n) is 10.4. The Kier molecular flexibility index (Phi) is 8.45. The van der Waals surface area contributed by atoms with Gasteiger partial charge in [-0.3, -0.25) is 0 Å². The third-order valence-electron chi connectivity index (χ3n) is 4.48. The molecule has 0 unspecified atom stereocenters. The standard InChI is InChI=1S/C24H19FN2O2.C2HF3O2/c1-26-19-14-23(17-10-12-18(25)13-11-17)27-24(15-19)29-22-9-5-8-21(16-22)28-20-6-3-2-4-7-20;3-2(4,5)1(6)7/h2-16H,1H3,(H,26,27);(H,6,7). The number of halogens is 4. The zero-order valence-electron chi connectivity index (χ0n) is 18.8. The summed E-state index contributed by atoms with van der Waals surface area (Å²) >= 11 is 0. The average molecular weight is 500 g/mol. The normalized spacial score (nSPS) is 10.6. The van der Waals surface area contributed by atoms with Crippen molar-refractivity contribution in [3.63, 3.8) is 0 Å². The van der Waals surface area contributed by atoms with E-state index in [9.17, 15) is 17.6 Å². The number of nitrogens with zero attached hydrogens (tertiary/aromatic N) is 1. The fourth-order valence-electron chi connectivity index (χ4n) is 2.82. The van der Waals surface area contributed by atoms with Crippen LogP contribution in [0, 0.1) is 5.82 Å². The van der Waals surface area contributed by atoms with E-state index in [1.54, 1.807) is 24.3 Å². The summed E-state index contributed by atoms with van der Waals surface area (Å²) in [5.74, 6) is -0.606. The molecule has 0 spiro atoms. The number of hydrogen-bond acceptors (Lipinski definition) is 5. The maximum absolute atomic E-state index is 13.2. The molecule has 2 N–H and O–H groups in total. The van der Waals surface area contributed by atoms with Crippen LogP contribution in [-0.4, -0.2) is 29.3 Å². The molecule has 0 amide bonds. The summed E-state index contributed by atoms with van der Waals surface area (Å²) in [5, 5.41) is 10.2. The van der Waals surface area contributed by atoms with E-state index in [0.29, 0.717) is 23.1 Å². The van der Waals surface area contributed by atoms with E-state index in [1.807, 2.05) is 61.6 Å². The van der Waals surface area contributed by atoms with Crippen LogP contribution in [0.15, 0.2) is 91.0 Å². The molecule has 0 bridgehead atoms. The number of aliphatic carboxylic acids is 1. The van der Waals surface area contributed by atoms with Crippen molar-refractivity contribution in [1.82, 2.24) is 4.98 Å². The number of anilines is 1. The molecule has 0 fully saturated rings. The molecule has 36 heavy (non-hydrogen) atoms. The number of hydrogen-bond donors (Lipinski definition) is 2. The first-order valence-corrected chi connectivity index (χ1v) is 10.4. The van der Waals surface area contributed by atoms with Gasteiger partial charge in [0.15, 0.2) is 0 Å². The van der Waals surface area contributed by atoms with Crippen LogP contribution < -0.4 is 14.8 Å². The molecule has 4 aromatic rings. The summed E-state index contributed by atoms with van der Waals surface area (Å²) in [6, 6.07) is 26.8. The molecular formula is C26H20F4N2O4. The van der Waals surface area contributed by atoms with Gasteiger partial charge in [0, 0.05) is 30.4 Å². The molecule has 1 heterocycles. The van der Waals surface area contributed by atoms with Gasteiger partial charge in [-0.15, -0.1) is 0 Å².